The maximum absolute atomic E-state index is 9.67. The van der Waals surface area contributed by atoms with Crippen LogP contribution in [0.2, 0.25) is 0 Å². The van der Waals surface area contributed by atoms with Crippen molar-refractivity contribution in [2.75, 3.05) is 0 Å². The quantitative estimate of drug-likeness (QED) is 0.877. The molecule has 1 aliphatic carbocycles. The van der Waals surface area contributed by atoms with Crippen LogP contribution >= 0.6 is 11.6 Å². The number of hydrogen-bond acceptors (Lipinski definition) is 4. The Morgan fingerprint density at radius 1 is 1.17 bits per heavy atom. The van der Waals surface area contributed by atoms with Crippen LogP contribution < -0.4 is 4.74 Å². The summed E-state index contributed by atoms with van der Waals surface area (Å²) >= 11 is 6.18. The minimum Gasteiger partial charge on any atom is -0.424 e. The molecule has 2 aromatic rings. The van der Waals surface area contributed by atoms with E-state index in [0.29, 0.717) is 29.6 Å². The molecule has 0 radical (unpaired) electrons. The van der Waals surface area contributed by atoms with Gasteiger partial charge in [0.1, 0.15) is 5.75 Å². The van der Waals surface area contributed by atoms with Gasteiger partial charge in [0, 0.05) is 17.4 Å². The van der Waals surface area contributed by atoms with Crippen LogP contribution in [-0.2, 0) is 6.42 Å². The molecule has 3 rings (SSSR count). The van der Waals surface area contributed by atoms with E-state index in [4.69, 9.17) is 16.3 Å². The first-order valence-corrected chi connectivity index (χ1v) is 8.36. The SMILES string of the molecule is CC.OC1C=CC(Cl)=C(Cc2ccc(Oc3ncccn3)cc2)C1. The molecule has 0 saturated heterocycles. The molecule has 1 aliphatic rings. The molecule has 24 heavy (non-hydrogen) atoms. The van der Waals surface area contributed by atoms with Gasteiger partial charge in [-0.2, -0.15) is 0 Å². The summed E-state index contributed by atoms with van der Waals surface area (Å²) in [6, 6.07) is 9.74. The molecule has 0 bridgehead atoms. The Bertz CT molecular complexity index is 697. The van der Waals surface area contributed by atoms with Gasteiger partial charge in [0.05, 0.1) is 6.10 Å². The van der Waals surface area contributed by atoms with Crippen LogP contribution in [0.4, 0.5) is 0 Å². The molecule has 0 aliphatic heterocycles. The summed E-state index contributed by atoms with van der Waals surface area (Å²) in [4.78, 5) is 8.03. The van der Waals surface area contributed by atoms with E-state index >= 15 is 0 Å². The number of rotatable bonds is 4. The largest absolute Gasteiger partial charge is 0.424 e. The smallest absolute Gasteiger partial charge is 0.321 e. The van der Waals surface area contributed by atoms with Gasteiger partial charge in [-0.05, 0) is 48.3 Å². The predicted molar refractivity (Wildman–Crippen MR) is 96.2 cm³/mol. The summed E-state index contributed by atoms with van der Waals surface area (Å²) < 4.78 is 5.55. The molecule has 0 fully saturated rings. The number of benzene rings is 1. The molecule has 1 heterocycles. The van der Waals surface area contributed by atoms with Gasteiger partial charge >= 0.3 is 6.01 Å². The minimum atomic E-state index is -0.449. The minimum absolute atomic E-state index is 0.321. The maximum Gasteiger partial charge on any atom is 0.321 e. The Morgan fingerprint density at radius 3 is 2.50 bits per heavy atom. The highest BCUT2D eigenvalue weighted by molar-refractivity contribution is 6.31. The van der Waals surface area contributed by atoms with Crippen molar-refractivity contribution in [3.8, 4) is 11.8 Å². The zero-order valence-corrected chi connectivity index (χ0v) is 14.6. The molecule has 126 valence electrons. The molecule has 1 N–H and O–H groups in total. The van der Waals surface area contributed by atoms with E-state index in [-0.39, 0.29) is 0 Å². The Kier molecular flexibility index (Phi) is 6.97. The van der Waals surface area contributed by atoms with E-state index in [2.05, 4.69) is 9.97 Å². The molecule has 1 aromatic heterocycles. The lowest BCUT2D eigenvalue weighted by Crippen LogP contribution is -2.10. The van der Waals surface area contributed by atoms with E-state index in [0.717, 1.165) is 11.1 Å². The molecule has 0 spiro atoms. The van der Waals surface area contributed by atoms with Crippen LogP contribution in [0.1, 0.15) is 25.8 Å². The van der Waals surface area contributed by atoms with Crippen molar-refractivity contribution >= 4 is 11.6 Å². The average Bonchev–Trinajstić information content (AvgIpc) is 2.62. The third-order valence-corrected chi connectivity index (χ3v) is 3.74. The standard InChI is InChI=1S/C17H15ClN2O2.C2H6/c18-16-7-4-14(21)11-13(16)10-12-2-5-15(6-3-12)22-17-19-8-1-9-20-17;1-2/h1-9,14,21H,10-11H2;1-2H3. The lowest BCUT2D eigenvalue weighted by atomic mass is 9.96. The fraction of sp³-hybridized carbons (Fsp3) is 0.263. The van der Waals surface area contributed by atoms with Gasteiger partial charge in [-0.1, -0.05) is 43.7 Å². The second-order valence-electron chi connectivity index (χ2n) is 5.04. The number of aliphatic hydroxyl groups is 1. The highest BCUT2D eigenvalue weighted by Gasteiger charge is 2.13. The molecule has 5 heteroatoms. The van der Waals surface area contributed by atoms with Gasteiger partial charge in [0.2, 0.25) is 0 Å². The van der Waals surface area contributed by atoms with Crippen molar-refractivity contribution in [3.63, 3.8) is 0 Å². The number of ether oxygens (including phenoxy) is 1. The van der Waals surface area contributed by atoms with Crippen molar-refractivity contribution < 1.29 is 9.84 Å². The third-order valence-electron chi connectivity index (χ3n) is 3.35. The molecular weight excluding hydrogens is 324 g/mol. The zero-order chi connectivity index (χ0) is 17.4. The molecule has 0 saturated carbocycles. The number of aromatic nitrogens is 2. The number of aliphatic hydroxyl groups excluding tert-OH is 1. The van der Waals surface area contributed by atoms with E-state index in [1.807, 2.05) is 38.1 Å². The lowest BCUT2D eigenvalue weighted by Gasteiger charge is -2.16. The van der Waals surface area contributed by atoms with Gasteiger partial charge in [-0.25, -0.2) is 9.97 Å². The van der Waals surface area contributed by atoms with Crippen LogP contribution in [0.15, 0.2) is 65.5 Å². The number of allylic oxidation sites excluding steroid dienone is 2. The van der Waals surface area contributed by atoms with Crippen LogP contribution in [-0.4, -0.2) is 21.2 Å². The molecule has 0 amide bonds. The Morgan fingerprint density at radius 2 is 1.83 bits per heavy atom. The van der Waals surface area contributed by atoms with Crippen LogP contribution in [0.3, 0.4) is 0 Å². The topological polar surface area (TPSA) is 55.2 Å². The summed E-state index contributed by atoms with van der Waals surface area (Å²) in [5.41, 5.74) is 2.15. The van der Waals surface area contributed by atoms with Gasteiger partial charge < -0.3 is 9.84 Å². The summed E-state index contributed by atoms with van der Waals surface area (Å²) in [5, 5.41) is 10.4. The zero-order valence-electron chi connectivity index (χ0n) is 13.8. The average molecular weight is 345 g/mol. The Hall–Kier alpha value is -2.17. The fourth-order valence-corrected chi connectivity index (χ4v) is 2.47. The normalized spacial score (nSPS) is 16.4. The van der Waals surface area contributed by atoms with Crippen LogP contribution in [0.5, 0.6) is 11.8 Å². The Balaban J connectivity index is 0.00000100. The molecule has 4 nitrogen and oxygen atoms in total. The summed E-state index contributed by atoms with van der Waals surface area (Å²) in [5.74, 6) is 0.679. The first-order chi connectivity index (χ1) is 11.7. The third kappa shape index (κ3) is 5.18. The van der Waals surface area contributed by atoms with Crippen molar-refractivity contribution in [2.24, 2.45) is 0 Å². The van der Waals surface area contributed by atoms with Crippen molar-refractivity contribution in [3.05, 3.63) is 71.0 Å². The van der Waals surface area contributed by atoms with Gasteiger partial charge in [-0.15, -0.1) is 0 Å². The summed E-state index contributed by atoms with van der Waals surface area (Å²) in [6.07, 6.45) is 7.57. The monoisotopic (exact) mass is 344 g/mol. The first kappa shape index (κ1) is 18.2. The maximum atomic E-state index is 9.67. The fourth-order valence-electron chi connectivity index (χ4n) is 2.25. The second-order valence-corrected chi connectivity index (χ2v) is 5.44. The van der Waals surface area contributed by atoms with Crippen molar-refractivity contribution in [2.45, 2.75) is 32.8 Å². The summed E-state index contributed by atoms with van der Waals surface area (Å²) in [6.45, 7) is 4.00. The van der Waals surface area contributed by atoms with Crippen molar-refractivity contribution in [1.82, 2.24) is 9.97 Å². The Labute approximate surface area is 147 Å². The van der Waals surface area contributed by atoms with Gasteiger partial charge in [-0.3, -0.25) is 0 Å². The lowest BCUT2D eigenvalue weighted by molar-refractivity contribution is 0.221. The van der Waals surface area contributed by atoms with E-state index in [1.54, 1.807) is 30.6 Å². The molecule has 1 aromatic carbocycles. The predicted octanol–water partition coefficient (Wildman–Crippen LogP) is 4.65. The van der Waals surface area contributed by atoms with E-state index in [1.165, 1.54) is 0 Å². The number of halogens is 1. The highest BCUT2D eigenvalue weighted by Crippen LogP contribution is 2.26. The van der Waals surface area contributed by atoms with E-state index < -0.39 is 6.10 Å². The van der Waals surface area contributed by atoms with Gasteiger partial charge in [0.25, 0.3) is 0 Å². The van der Waals surface area contributed by atoms with Crippen LogP contribution in [0, 0.1) is 0 Å². The first-order valence-electron chi connectivity index (χ1n) is 7.98. The van der Waals surface area contributed by atoms with Crippen LogP contribution in [0.25, 0.3) is 0 Å². The number of nitrogens with zero attached hydrogens (tertiary/aromatic N) is 2. The van der Waals surface area contributed by atoms with Gasteiger partial charge in [0.15, 0.2) is 0 Å². The number of hydrogen-bond donors (Lipinski definition) is 1. The summed E-state index contributed by atoms with van der Waals surface area (Å²) in [7, 11) is 0. The van der Waals surface area contributed by atoms with Crippen molar-refractivity contribution in [1.29, 1.82) is 0 Å². The molecule has 1 atom stereocenters. The molecular formula is C19H21ClN2O2. The second kappa shape index (κ2) is 9.21. The highest BCUT2D eigenvalue weighted by atomic mass is 35.5. The molecule has 1 unspecified atom stereocenters. The van der Waals surface area contributed by atoms with E-state index in [9.17, 15) is 5.11 Å².